The minimum Gasteiger partial charge on any atom is -0.446 e. The van der Waals surface area contributed by atoms with E-state index in [0.29, 0.717) is 36.6 Å². The number of fused-ring (bicyclic) bond motifs is 1. The zero-order valence-corrected chi connectivity index (χ0v) is 22.5. The van der Waals surface area contributed by atoms with Crippen LogP contribution in [0.2, 0.25) is 0 Å². The highest BCUT2D eigenvalue weighted by Crippen LogP contribution is 2.40. The summed E-state index contributed by atoms with van der Waals surface area (Å²) in [5.74, 6) is -0.167. The van der Waals surface area contributed by atoms with E-state index in [1.807, 2.05) is 37.3 Å². The second-order valence-corrected chi connectivity index (χ2v) is 10.1. The Kier molecular flexibility index (Phi) is 8.23. The molecule has 4 rings (SSSR count). The second-order valence-electron chi connectivity index (χ2n) is 10.1. The summed E-state index contributed by atoms with van der Waals surface area (Å²) in [5, 5.41) is 13.4. The van der Waals surface area contributed by atoms with Gasteiger partial charge in [-0.1, -0.05) is 18.2 Å². The fourth-order valence-electron chi connectivity index (χ4n) is 5.05. The van der Waals surface area contributed by atoms with Gasteiger partial charge in [0.1, 0.15) is 0 Å². The smallest absolute Gasteiger partial charge is 0.414 e. The number of hydrogen-bond donors (Lipinski definition) is 2. The summed E-state index contributed by atoms with van der Waals surface area (Å²) in [7, 11) is 1.43. The third kappa shape index (κ3) is 5.76. The zero-order valence-electron chi connectivity index (χ0n) is 22.5. The molecule has 3 atom stereocenters. The number of carbonyl (C=O) groups is 3. The number of hydrogen-bond acceptors (Lipinski definition) is 7. The average molecular weight is 525 g/mol. The molecular formula is C28H36N4O6. The van der Waals surface area contributed by atoms with Gasteiger partial charge in [-0.15, -0.1) is 0 Å². The van der Waals surface area contributed by atoms with Crippen LogP contribution in [0.5, 0.6) is 0 Å². The highest BCUT2D eigenvalue weighted by atomic mass is 16.6. The Hall–Kier alpha value is -3.63. The fourth-order valence-corrected chi connectivity index (χ4v) is 5.05. The van der Waals surface area contributed by atoms with Crippen molar-refractivity contribution in [2.75, 3.05) is 36.5 Å². The maximum absolute atomic E-state index is 13.0. The van der Waals surface area contributed by atoms with Gasteiger partial charge in [0, 0.05) is 51.3 Å². The molecule has 1 fully saturated rings. The zero-order chi connectivity index (χ0) is 27.6. The van der Waals surface area contributed by atoms with E-state index in [-0.39, 0.29) is 30.0 Å². The highest BCUT2D eigenvalue weighted by molar-refractivity contribution is 5.97. The van der Waals surface area contributed by atoms with E-state index in [1.165, 1.54) is 14.0 Å². The molecule has 10 heteroatoms. The van der Waals surface area contributed by atoms with Crippen LogP contribution in [0.3, 0.4) is 0 Å². The third-order valence-electron chi connectivity index (χ3n) is 6.82. The summed E-state index contributed by atoms with van der Waals surface area (Å²) in [4.78, 5) is 42.4. The largest absolute Gasteiger partial charge is 0.446 e. The Morgan fingerprint density at radius 2 is 1.71 bits per heavy atom. The van der Waals surface area contributed by atoms with Gasteiger partial charge in [0.15, 0.2) is 0 Å². The maximum atomic E-state index is 13.0. The van der Waals surface area contributed by atoms with Crippen LogP contribution < -0.4 is 15.1 Å². The number of aliphatic hydroxyl groups excluding tert-OH is 1. The van der Waals surface area contributed by atoms with Crippen LogP contribution >= 0.6 is 0 Å². The molecule has 3 amide bonds. The van der Waals surface area contributed by atoms with Crippen LogP contribution in [-0.4, -0.2) is 79.3 Å². The molecule has 204 valence electrons. The Labute approximate surface area is 223 Å². The number of nitrogens with zero attached hydrogens (tertiary/aromatic N) is 3. The number of anilines is 2. The molecule has 2 heterocycles. The van der Waals surface area contributed by atoms with Crippen LogP contribution in [0.4, 0.5) is 16.2 Å². The molecule has 2 aliphatic heterocycles. The molecule has 0 aliphatic carbocycles. The van der Waals surface area contributed by atoms with Crippen molar-refractivity contribution in [1.29, 1.82) is 0 Å². The Balaban J connectivity index is 1.60. The van der Waals surface area contributed by atoms with Gasteiger partial charge in [-0.3, -0.25) is 14.5 Å². The summed E-state index contributed by atoms with van der Waals surface area (Å²) in [5.41, 5.74) is 3.54. The van der Waals surface area contributed by atoms with E-state index in [4.69, 9.17) is 9.47 Å². The minimum atomic E-state index is -1.17. The first kappa shape index (κ1) is 27.4. The molecule has 0 aromatic heterocycles. The van der Waals surface area contributed by atoms with Gasteiger partial charge in [0.25, 0.3) is 5.91 Å². The molecule has 2 aromatic rings. The Morgan fingerprint density at radius 3 is 2.34 bits per heavy atom. The van der Waals surface area contributed by atoms with E-state index in [2.05, 4.69) is 5.32 Å². The van der Waals surface area contributed by atoms with E-state index in [9.17, 15) is 19.5 Å². The molecule has 1 saturated heterocycles. The topological polar surface area (TPSA) is 112 Å². The lowest BCUT2D eigenvalue weighted by Gasteiger charge is -2.43. The minimum absolute atomic E-state index is 0.0181. The van der Waals surface area contributed by atoms with Crippen molar-refractivity contribution in [3.63, 3.8) is 0 Å². The van der Waals surface area contributed by atoms with Crippen molar-refractivity contribution in [2.45, 2.75) is 58.7 Å². The summed E-state index contributed by atoms with van der Waals surface area (Å²) >= 11 is 0. The lowest BCUT2D eigenvalue weighted by atomic mass is 10.00. The second kappa shape index (κ2) is 11.4. The summed E-state index contributed by atoms with van der Waals surface area (Å²) in [6.07, 6.45) is -1.16. The van der Waals surface area contributed by atoms with Crippen molar-refractivity contribution in [3.05, 3.63) is 48.0 Å². The van der Waals surface area contributed by atoms with Crippen molar-refractivity contribution in [2.24, 2.45) is 0 Å². The molecule has 2 aromatic carbocycles. The summed E-state index contributed by atoms with van der Waals surface area (Å²) in [6, 6.07) is 12.7. The first-order valence-corrected chi connectivity index (χ1v) is 12.9. The predicted molar refractivity (Wildman–Crippen MR) is 144 cm³/mol. The van der Waals surface area contributed by atoms with Crippen molar-refractivity contribution < 1.29 is 29.0 Å². The fraction of sp³-hybridized carbons (Fsp3) is 0.464. The highest BCUT2D eigenvalue weighted by Gasteiger charge is 2.36. The molecule has 0 saturated carbocycles. The molecular weight excluding hydrogens is 488 g/mol. The van der Waals surface area contributed by atoms with Crippen LogP contribution in [0.15, 0.2) is 42.5 Å². The number of nitrogens with one attached hydrogen (secondary N) is 1. The first-order chi connectivity index (χ1) is 18.1. The van der Waals surface area contributed by atoms with Crippen LogP contribution in [0.1, 0.15) is 44.5 Å². The summed E-state index contributed by atoms with van der Waals surface area (Å²) in [6.45, 7) is 8.39. The predicted octanol–water partition coefficient (Wildman–Crippen LogP) is 3.19. The number of benzene rings is 2. The molecule has 2 aliphatic rings. The average Bonchev–Trinajstić information content (AvgIpc) is 3.34. The molecule has 38 heavy (non-hydrogen) atoms. The van der Waals surface area contributed by atoms with Crippen molar-refractivity contribution in [1.82, 2.24) is 10.2 Å². The van der Waals surface area contributed by atoms with E-state index < -0.39 is 12.5 Å². The van der Waals surface area contributed by atoms with Gasteiger partial charge < -0.3 is 29.7 Å². The molecule has 1 unspecified atom stereocenters. The number of aliphatic hydroxyl groups is 1. The summed E-state index contributed by atoms with van der Waals surface area (Å²) < 4.78 is 10.7. The number of amides is 3. The lowest BCUT2D eigenvalue weighted by Crippen LogP contribution is -2.54. The van der Waals surface area contributed by atoms with Gasteiger partial charge in [0.05, 0.1) is 17.5 Å². The number of ether oxygens (including phenoxy) is 2. The standard InChI is InChI=1S/C28H36N4O6/c1-17(2)38-27(35)31-15-18(3)32(28(36)37-5)24-11-10-22(14-25(24)31)20-6-8-21(9-7-20)26(34)30-13-12-23(16-30)29-19(4)33/h6-11,14,17-18,23,28,36H,12-13,15-16H2,1-5H3,(H,29,33)/t18-,23+,28?/m0/s1. The van der Waals surface area contributed by atoms with Crippen molar-refractivity contribution in [3.8, 4) is 11.1 Å². The lowest BCUT2D eigenvalue weighted by molar-refractivity contribution is -0.119. The maximum Gasteiger partial charge on any atom is 0.414 e. The number of likely N-dealkylation sites (tertiary alicyclic amines) is 1. The molecule has 10 nitrogen and oxygen atoms in total. The number of carbonyl (C=O) groups excluding carboxylic acids is 3. The Morgan fingerprint density at radius 1 is 1.03 bits per heavy atom. The van der Waals surface area contributed by atoms with Crippen LogP contribution in [0, 0.1) is 0 Å². The third-order valence-corrected chi connectivity index (χ3v) is 6.82. The molecule has 0 spiro atoms. The van der Waals surface area contributed by atoms with E-state index in [0.717, 1.165) is 17.5 Å². The van der Waals surface area contributed by atoms with E-state index in [1.54, 1.807) is 40.7 Å². The normalized spacial score (nSPS) is 19.8. The van der Waals surface area contributed by atoms with Crippen LogP contribution in [0.25, 0.3) is 11.1 Å². The van der Waals surface area contributed by atoms with Gasteiger partial charge in [-0.2, -0.15) is 0 Å². The molecule has 2 N–H and O–H groups in total. The molecule has 0 radical (unpaired) electrons. The number of methoxy groups -OCH3 is 1. The SMILES string of the molecule is COC(O)N1c2ccc(-c3ccc(C(=O)N4CC[C@@H](NC(C)=O)C4)cc3)cc2N(C(=O)OC(C)C)C[C@@H]1C. The monoisotopic (exact) mass is 524 g/mol. The van der Waals surface area contributed by atoms with E-state index >= 15 is 0 Å². The quantitative estimate of drug-likeness (QED) is 0.559. The number of rotatable bonds is 6. The van der Waals surface area contributed by atoms with Gasteiger partial charge >= 0.3 is 6.09 Å². The molecule has 0 bridgehead atoms. The first-order valence-electron chi connectivity index (χ1n) is 12.9. The van der Waals surface area contributed by atoms with Crippen molar-refractivity contribution >= 4 is 29.3 Å². The van der Waals surface area contributed by atoms with Gasteiger partial charge in [-0.25, -0.2) is 4.79 Å². The van der Waals surface area contributed by atoms with Gasteiger partial charge in [-0.05, 0) is 62.6 Å². The Bertz CT molecular complexity index is 1180. The van der Waals surface area contributed by atoms with Crippen LogP contribution in [-0.2, 0) is 14.3 Å². The van der Waals surface area contributed by atoms with Gasteiger partial charge in [0.2, 0.25) is 12.3 Å².